The van der Waals surface area contributed by atoms with Crippen LogP contribution < -0.4 is 29.6 Å². The van der Waals surface area contributed by atoms with Crippen LogP contribution in [0.2, 0.25) is 0 Å². The second-order valence-corrected chi connectivity index (χ2v) is 7.63. The average Bonchev–Trinajstić information content (AvgIpc) is 2.64. The van der Waals surface area contributed by atoms with E-state index >= 15 is 0 Å². The maximum atomic E-state index is 11.3. The fraction of sp³-hybridized carbons (Fsp3) is 0. The van der Waals surface area contributed by atoms with Crippen LogP contribution in [0, 0.1) is 0 Å². The van der Waals surface area contributed by atoms with E-state index in [1.807, 2.05) is 0 Å². The van der Waals surface area contributed by atoms with E-state index in [4.69, 9.17) is 5.26 Å². The number of nitrogens with zero attached hydrogens (tertiary/aromatic N) is 1. The predicted octanol–water partition coefficient (Wildman–Crippen LogP) is 0.338. The number of benzene rings is 3. The van der Waals surface area contributed by atoms with Crippen LogP contribution in [0.3, 0.4) is 0 Å². The summed E-state index contributed by atoms with van der Waals surface area (Å²) in [6.07, 6.45) is 1.35. The molecule has 0 atom stereocenters. The van der Waals surface area contributed by atoms with Crippen LogP contribution in [-0.4, -0.2) is 34.7 Å². The molecule has 0 aromatic heterocycles. The van der Waals surface area contributed by atoms with Crippen LogP contribution >= 0.6 is 12.0 Å². The monoisotopic (exact) mass is 445 g/mol. The van der Waals surface area contributed by atoms with E-state index < -0.39 is 20.8 Å². The molecule has 0 saturated heterocycles. The molecule has 0 saturated carbocycles. The Morgan fingerprint density at radius 3 is 2.45 bits per heavy atom. The normalized spacial score (nSPS) is 11.7. The molecule has 0 aliphatic rings. The van der Waals surface area contributed by atoms with Crippen molar-refractivity contribution in [1.29, 1.82) is 0 Å². The van der Waals surface area contributed by atoms with Crippen molar-refractivity contribution in [3.8, 4) is 11.5 Å². The van der Waals surface area contributed by atoms with Crippen molar-refractivity contribution in [2.45, 2.75) is 9.79 Å². The Bertz CT molecular complexity index is 1170. The van der Waals surface area contributed by atoms with Gasteiger partial charge in [-0.25, -0.2) is 13.7 Å². The number of hydrogen-bond acceptors (Lipinski definition) is 10. The van der Waals surface area contributed by atoms with Crippen molar-refractivity contribution in [1.82, 2.24) is 0 Å². The van der Waals surface area contributed by atoms with Gasteiger partial charge in [-0.15, -0.1) is 4.33 Å². The molecule has 0 aliphatic carbocycles. The number of para-hydroxylation sites is 1. The molecule has 146 valence electrons. The van der Waals surface area contributed by atoms with Crippen LogP contribution in [0.25, 0.3) is 10.8 Å². The summed E-state index contributed by atoms with van der Waals surface area (Å²) in [4.78, 5) is 3.95. The molecule has 0 amide bonds. The zero-order valence-corrected chi connectivity index (χ0v) is 18.5. The third-order valence-electron chi connectivity index (χ3n) is 3.68. The number of hydrogen-bond donors (Lipinski definition) is 3. The van der Waals surface area contributed by atoms with Crippen LogP contribution in [0.4, 0.5) is 5.69 Å². The zero-order chi connectivity index (χ0) is 20.3. The van der Waals surface area contributed by atoms with Gasteiger partial charge in [-0.2, -0.15) is 0 Å². The van der Waals surface area contributed by atoms with E-state index in [1.54, 1.807) is 18.2 Å². The first-order chi connectivity index (χ1) is 13.3. The summed E-state index contributed by atoms with van der Waals surface area (Å²) in [6, 6.07) is 11.2. The van der Waals surface area contributed by atoms with Gasteiger partial charge >= 0.3 is 29.6 Å². The summed E-state index contributed by atoms with van der Waals surface area (Å²) >= 11 is 0.589. The van der Waals surface area contributed by atoms with Gasteiger partial charge in [-0.1, -0.05) is 17.2 Å². The van der Waals surface area contributed by atoms with Gasteiger partial charge in [0.15, 0.2) is 0 Å². The fourth-order valence-corrected chi connectivity index (χ4v) is 3.47. The molecule has 0 radical (unpaired) electrons. The van der Waals surface area contributed by atoms with E-state index in [9.17, 15) is 23.2 Å². The second-order valence-electron chi connectivity index (χ2n) is 5.48. The largest absolute Gasteiger partial charge is 1.00 e. The Morgan fingerprint density at radius 1 is 1.07 bits per heavy atom. The standard InChI is InChI=1S/C17H13NO8S2.Na/c19-15-4-2-1-3-10(15)9-18-14-7-12(27-26-25-21)5-11-6-13(28(22,23)24)8-16(20)17(11)14;/h1-9,19-21H,(H,22,23,24);/q;+1/p-1. The quantitative estimate of drug-likeness (QED) is 0.122. The van der Waals surface area contributed by atoms with E-state index in [1.165, 1.54) is 24.4 Å². The predicted molar refractivity (Wildman–Crippen MR) is 99.6 cm³/mol. The van der Waals surface area contributed by atoms with E-state index in [-0.39, 0.29) is 51.8 Å². The first kappa shape index (κ1) is 23.6. The summed E-state index contributed by atoms with van der Waals surface area (Å²) in [5, 5.41) is 32.4. The van der Waals surface area contributed by atoms with Crippen LogP contribution in [0.1, 0.15) is 5.56 Å². The van der Waals surface area contributed by atoms with Crippen molar-refractivity contribution in [2.24, 2.45) is 4.99 Å². The van der Waals surface area contributed by atoms with Gasteiger partial charge in [0, 0.05) is 22.1 Å². The summed E-state index contributed by atoms with van der Waals surface area (Å²) in [5.74, 6) is -0.478. The Balaban J connectivity index is 0.00000300. The molecule has 0 spiro atoms. The first-order valence-electron chi connectivity index (χ1n) is 7.53. The molecule has 3 N–H and O–H groups in total. The van der Waals surface area contributed by atoms with Crippen molar-refractivity contribution in [2.75, 3.05) is 0 Å². The number of rotatable bonds is 6. The molecule has 0 bridgehead atoms. The van der Waals surface area contributed by atoms with E-state index in [0.29, 0.717) is 22.5 Å². The van der Waals surface area contributed by atoms with Crippen molar-refractivity contribution in [3.63, 3.8) is 0 Å². The Labute approximate surface area is 191 Å². The maximum Gasteiger partial charge on any atom is 1.00 e. The van der Waals surface area contributed by atoms with Gasteiger partial charge in [0.1, 0.15) is 21.6 Å². The number of phenols is 2. The molecule has 0 aliphatic heterocycles. The van der Waals surface area contributed by atoms with Gasteiger partial charge in [0.25, 0.3) is 0 Å². The van der Waals surface area contributed by atoms with Gasteiger partial charge in [-0.3, -0.25) is 4.99 Å². The SMILES string of the molecule is O=S(=O)([O-])c1cc(O)c2c(N=Cc3ccccc3O)cc(SOOO)cc2c1.[Na+]. The summed E-state index contributed by atoms with van der Waals surface area (Å²) < 4.78 is 38.3. The molecule has 3 aromatic rings. The first-order valence-corrected chi connectivity index (χ1v) is 9.68. The minimum atomic E-state index is -4.80. The molecule has 9 nitrogen and oxygen atoms in total. The summed E-state index contributed by atoms with van der Waals surface area (Å²) in [5.41, 5.74) is 0.596. The van der Waals surface area contributed by atoms with Gasteiger partial charge < -0.3 is 14.8 Å². The molecule has 29 heavy (non-hydrogen) atoms. The Hall–Kier alpha value is -1.67. The molecule has 3 rings (SSSR count). The van der Waals surface area contributed by atoms with Crippen molar-refractivity contribution in [3.05, 3.63) is 54.1 Å². The summed E-state index contributed by atoms with van der Waals surface area (Å²) in [6.45, 7) is 0. The maximum absolute atomic E-state index is 11.3. The van der Waals surface area contributed by atoms with Gasteiger partial charge in [0.05, 0.1) is 22.6 Å². The molecule has 0 unspecified atom stereocenters. The third-order valence-corrected chi connectivity index (χ3v) is 5.05. The fourth-order valence-electron chi connectivity index (χ4n) is 2.50. The van der Waals surface area contributed by atoms with Crippen LogP contribution in [0.15, 0.2) is 63.3 Å². The molecular formula is C17H12NNaO8S2. The second kappa shape index (κ2) is 9.89. The average molecular weight is 445 g/mol. The van der Waals surface area contributed by atoms with Crippen LogP contribution in [-0.2, 0) is 19.5 Å². The molecule has 0 fully saturated rings. The van der Waals surface area contributed by atoms with Crippen LogP contribution in [0.5, 0.6) is 11.5 Å². The minimum Gasteiger partial charge on any atom is -0.744 e. The number of aliphatic imine (C=N–C) groups is 1. The number of phenolic OH excluding ortho intramolecular Hbond substituents is 2. The Morgan fingerprint density at radius 2 is 1.79 bits per heavy atom. The van der Waals surface area contributed by atoms with E-state index in [2.05, 4.69) is 14.4 Å². The molecule has 0 heterocycles. The van der Waals surface area contributed by atoms with E-state index in [0.717, 1.165) is 12.1 Å². The van der Waals surface area contributed by atoms with Crippen molar-refractivity contribution >= 4 is 44.8 Å². The summed E-state index contributed by atoms with van der Waals surface area (Å²) in [7, 11) is -4.80. The topological polar surface area (TPSA) is 149 Å². The van der Waals surface area contributed by atoms with Gasteiger partial charge in [0.2, 0.25) is 0 Å². The molecule has 12 heteroatoms. The third kappa shape index (κ3) is 5.69. The molecule has 3 aromatic carbocycles. The smallest absolute Gasteiger partial charge is 0.744 e. The van der Waals surface area contributed by atoms with Gasteiger partial charge in [-0.05, 0) is 41.8 Å². The Kier molecular flexibility index (Phi) is 8.05. The minimum absolute atomic E-state index is 0. The molecular weight excluding hydrogens is 433 g/mol. The number of aromatic hydroxyl groups is 2. The zero-order valence-electron chi connectivity index (χ0n) is 14.8. The number of fused-ring (bicyclic) bond motifs is 1. The van der Waals surface area contributed by atoms with Crippen molar-refractivity contribution < 1.29 is 67.4 Å².